The lowest BCUT2D eigenvalue weighted by molar-refractivity contribution is -0.115. The minimum Gasteiger partial charge on any atom is -0.325 e. The Morgan fingerprint density at radius 2 is 2.12 bits per heavy atom. The first-order chi connectivity index (χ1) is 7.61. The van der Waals surface area contributed by atoms with Gasteiger partial charge in [0.2, 0.25) is 5.91 Å². The zero-order valence-electron chi connectivity index (χ0n) is 8.96. The molecule has 0 spiro atoms. The van der Waals surface area contributed by atoms with Gasteiger partial charge in [-0.2, -0.15) is 0 Å². The first-order valence-corrected chi connectivity index (χ1v) is 5.24. The number of nitrogens with one attached hydrogen (secondary N) is 2. The number of carbonyl (C=O) groups is 1. The smallest absolute Gasteiger partial charge is 0.238 e. The van der Waals surface area contributed by atoms with Crippen LogP contribution < -0.4 is 10.6 Å². The van der Waals surface area contributed by atoms with Crippen LogP contribution in [0.5, 0.6) is 0 Å². The van der Waals surface area contributed by atoms with Gasteiger partial charge in [0.05, 0.1) is 12.6 Å². The molecule has 4 heteroatoms. The number of carbonyl (C=O) groups excluding carboxylic acids is 1. The maximum Gasteiger partial charge on any atom is 0.238 e. The van der Waals surface area contributed by atoms with Crippen molar-refractivity contribution < 1.29 is 4.79 Å². The van der Waals surface area contributed by atoms with Crippen LogP contribution in [0.4, 0.5) is 5.69 Å². The molecule has 0 fully saturated rings. The van der Waals surface area contributed by atoms with Gasteiger partial charge in [-0.15, -0.1) is 6.42 Å². The molecule has 1 unspecified atom stereocenters. The standard InChI is InChI=1S/C12H13ClN2O/c1-3-9(2)14-8-12(16)15-11-6-4-10(13)5-7-11/h1,4-7,9,14H,8H2,2H3,(H,15,16). The van der Waals surface area contributed by atoms with Gasteiger partial charge in [0, 0.05) is 10.7 Å². The molecule has 1 aromatic rings. The Kier molecular flexibility index (Phi) is 4.84. The number of anilines is 1. The predicted molar refractivity (Wildman–Crippen MR) is 66.4 cm³/mol. The molecule has 1 rings (SSSR count). The summed E-state index contributed by atoms with van der Waals surface area (Å²) in [4.78, 5) is 11.4. The fourth-order valence-corrected chi connectivity index (χ4v) is 1.17. The molecule has 84 valence electrons. The minimum absolute atomic E-state index is 0.115. The van der Waals surface area contributed by atoms with Crippen LogP contribution in [0.1, 0.15) is 6.92 Å². The van der Waals surface area contributed by atoms with Crippen LogP contribution in [0.25, 0.3) is 0 Å². The van der Waals surface area contributed by atoms with Crippen LogP contribution in [-0.4, -0.2) is 18.5 Å². The molecule has 0 heterocycles. The highest BCUT2D eigenvalue weighted by Gasteiger charge is 2.03. The molecule has 0 radical (unpaired) electrons. The summed E-state index contributed by atoms with van der Waals surface area (Å²) in [5.74, 6) is 2.35. The SMILES string of the molecule is C#CC(C)NCC(=O)Nc1ccc(Cl)cc1. The van der Waals surface area contributed by atoms with Crippen molar-refractivity contribution in [3.63, 3.8) is 0 Å². The summed E-state index contributed by atoms with van der Waals surface area (Å²) in [5.41, 5.74) is 0.713. The van der Waals surface area contributed by atoms with Gasteiger partial charge in [0.1, 0.15) is 0 Å². The molecule has 0 aliphatic rings. The molecule has 1 amide bonds. The minimum atomic E-state index is -0.135. The van der Waals surface area contributed by atoms with E-state index in [1.165, 1.54) is 0 Å². The number of hydrogen-bond acceptors (Lipinski definition) is 2. The van der Waals surface area contributed by atoms with Crippen molar-refractivity contribution in [2.75, 3.05) is 11.9 Å². The molecular weight excluding hydrogens is 224 g/mol. The summed E-state index contributed by atoms with van der Waals surface area (Å²) in [6.45, 7) is 2.00. The maximum absolute atomic E-state index is 11.4. The molecule has 1 atom stereocenters. The summed E-state index contributed by atoms with van der Waals surface area (Å²) >= 11 is 5.72. The Bertz CT molecular complexity index is 394. The lowest BCUT2D eigenvalue weighted by Gasteiger charge is -2.08. The molecule has 16 heavy (non-hydrogen) atoms. The number of rotatable bonds is 4. The normalized spacial score (nSPS) is 11.6. The zero-order valence-corrected chi connectivity index (χ0v) is 9.71. The molecule has 0 saturated carbocycles. The second-order valence-corrected chi connectivity index (χ2v) is 3.76. The van der Waals surface area contributed by atoms with Crippen molar-refractivity contribution in [2.24, 2.45) is 0 Å². The van der Waals surface area contributed by atoms with E-state index in [0.717, 1.165) is 0 Å². The highest BCUT2D eigenvalue weighted by atomic mass is 35.5. The van der Waals surface area contributed by atoms with E-state index in [1.54, 1.807) is 24.3 Å². The summed E-state index contributed by atoms with van der Waals surface area (Å²) in [7, 11) is 0. The summed E-state index contributed by atoms with van der Waals surface area (Å²) in [6.07, 6.45) is 5.17. The van der Waals surface area contributed by atoms with Gasteiger partial charge in [-0.05, 0) is 31.2 Å². The lowest BCUT2D eigenvalue weighted by Crippen LogP contribution is -2.33. The van der Waals surface area contributed by atoms with E-state index < -0.39 is 0 Å². The Balaban J connectivity index is 2.40. The molecule has 0 aromatic heterocycles. The Labute approximate surface area is 100 Å². The van der Waals surface area contributed by atoms with Crippen molar-refractivity contribution in [3.8, 4) is 12.3 Å². The molecule has 0 aliphatic heterocycles. The quantitative estimate of drug-likeness (QED) is 0.784. The third-order valence-electron chi connectivity index (χ3n) is 1.95. The maximum atomic E-state index is 11.4. The van der Waals surface area contributed by atoms with Crippen molar-refractivity contribution in [1.29, 1.82) is 0 Å². The molecular formula is C12H13ClN2O. The number of amides is 1. The molecule has 0 aliphatic carbocycles. The fraction of sp³-hybridized carbons (Fsp3) is 0.250. The van der Waals surface area contributed by atoms with Crippen LogP contribution in [0.15, 0.2) is 24.3 Å². The molecule has 0 bridgehead atoms. The average molecular weight is 237 g/mol. The monoisotopic (exact) mass is 236 g/mol. The van der Waals surface area contributed by atoms with Gasteiger partial charge in [0.25, 0.3) is 0 Å². The Hall–Kier alpha value is -1.50. The highest BCUT2D eigenvalue weighted by Crippen LogP contribution is 2.12. The van der Waals surface area contributed by atoms with Crippen LogP contribution in [0, 0.1) is 12.3 Å². The first-order valence-electron chi connectivity index (χ1n) is 4.86. The molecule has 3 nitrogen and oxygen atoms in total. The van der Waals surface area contributed by atoms with Gasteiger partial charge in [-0.1, -0.05) is 17.5 Å². The van der Waals surface area contributed by atoms with Crippen LogP contribution in [-0.2, 0) is 4.79 Å². The third-order valence-corrected chi connectivity index (χ3v) is 2.20. The van der Waals surface area contributed by atoms with Crippen molar-refractivity contribution in [1.82, 2.24) is 5.32 Å². The van der Waals surface area contributed by atoms with Gasteiger partial charge in [0.15, 0.2) is 0 Å². The van der Waals surface area contributed by atoms with Crippen LogP contribution in [0.2, 0.25) is 5.02 Å². The summed E-state index contributed by atoms with van der Waals surface area (Å²) < 4.78 is 0. The van der Waals surface area contributed by atoms with Crippen LogP contribution in [0.3, 0.4) is 0 Å². The number of hydrogen-bond donors (Lipinski definition) is 2. The predicted octanol–water partition coefficient (Wildman–Crippen LogP) is 1.89. The average Bonchev–Trinajstić information content (AvgIpc) is 2.29. The van der Waals surface area contributed by atoms with Gasteiger partial charge in [-0.25, -0.2) is 0 Å². The van der Waals surface area contributed by atoms with Crippen molar-refractivity contribution in [3.05, 3.63) is 29.3 Å². The first kappa shape index (κ1) is 12.6. The molecule has 2 N–H and O–H groups in total. The third kappa shape index (κ3) is 4.35. The summed E-state index contributed by atoms with van der Waals surface area (Å²) in [6, 6.07) is 6.80. The largest absolute Gasteiger partial charge is 0.325 e. The molecule has 1 aromatic carbocycles. The highest BCUT2D eigenvalue weighted by molar-refractivity contribution is 6.30. The van der Waals surface area contributed by atoms with Gasteiger partial charge in [-0.3, -0.25) is 10.1 Å². The van der Waals surface area contributed by atoms with E-state index in [4.69, 9.17) is 18.0 Å². The fourth-order valence-electron chi connectivity index (χ4n) is 1.04. The van der Waals surface area contributed by atoms with E-state index in [9.17, 15) is 4.79 Å². The lowest BCUT2D eigenvalue weighted by atomic mass is 10.3. The molecule has 0 saturated heterocycles. The van der Waals surface area contributed by atoms with E-state index >= 15 is 0 Å². The topological polar surface area (TPSA) is 41.1 Å². The number of benzene rings is 1. The van der Waals surface area contributed by atoms with E-state index in [1.807, 2.05) is 6.92 Å². The Morgan fingerprint density at radius 3 is 2.69 bits per heavy atom. The van der Waals surface area contributed by atoms with Crippen LogP contribution >= 0.6 is 11.6 Å². The van der Waals surface area contributed by atoms with E-state index in [0.29, 0.717) is 10.7 Å². The van der Waals surface area contributed by atoms with Crippen molar-refractivity contribution >= 4 is 23.2 Å². The second-order valence-electron chi connectivity index (χ2n) is 3.32. The van der Waals surface area contributed by atoms with Gasteiger partial charge < -0.3 is 5.32 Å². The Morgan fingerprint density at radius 1 is 1.50 bits per heavy atom. The van der Waals surface area contributed by atoms with E-state index in [-0.39, 0.29) is 18.5 Å². The zero-order chi connectivity index (χ0) is 12.0. The van der Waals surface area contributed by atoms with E-state index in [2.05, 4.69) is 16.6 Å². The number of halogens is 1. The number of terminal acetylenes is 1. The van der Waals surface area contributed by atoms with Crippen molar-refractivity contribution in [2.45, 2.75) is 13.0 Å². The van der Waals surface area contributed by atoms with Gasteiger partial charge >= 0.3 is 0 Å². The summed E-state index contributed by atoms with van der Waals surface area (Å²) in [5, 5.41) is 6.25. The second kappa shape index (κ2) is 6.16.